The van der Waals surface area contributed by atoms with Gasteiger partial charge in [-0.25, -0.2) is 0 Å². The van der Waals surface area contributed by atoms with Crippen molar-refractivity contribution in [1.82, 2.24) is 0 Å². The number of rotatable bonds is 0. The summed E-state index contributed by atoms with van der Waals surface area (Å²) >= 11 is 0. The summed E-state index contributed by atoms with van der Waals surface area (Å²) in [7, 11) is 0. The molecule has 0 unspecified atom stereocenters. The summed E-state index contributed by atoms with van der Waals surface area (Å²) in [6, 6.07) is 0. The van der Waals surface area contributed by atoms with Crippen molar-refractivity contribution in [3.8, 4) is 0 Å². The van der Waals surface area contributed by atoms with E-state index in [1.165, 1.54) is 19.3 Å². The highest BCUT2D eigenvalue weighted by molar-refractivity contribution is 5.16. The van der Waals surface area contributed by atoms with Gasteiger partial charge in [-0.3, -0.25) is 0 Å². The largest absolute Gasteiger partial charge is 0.355 e. The highest BCUT2D eigenvalue weighted by Crippen LogP contribution is 2.40. The van der Waals surface area contributed by atoms with Gasteiger partial charge in [0.15, 0.2) is 0 Å². The van der Waals surface area contributed by atoms with Crippen molar-refractivity contribution in [1.29, 1.82) is 0 Å². The number of hydrogen-bond donors (Lipinski definition) is 0. The van der Waals surface area contributed by atoms with Crippen molar-refractivity contribution in [3.63, 3.8) is 0 Å². The Kier molecular flexibility index (Phi) is 2.43. The summed E-state index contributed by atoms with van der Waals surface area (Å²) in [4.78, 5) is 0. The van der Waals surface area contributed by atoms with Gasteiger partial charge in [0.1, 0.15) is 6.79 Å². The molecule has 0 amide bonds. The first kappa shape index (κ1) is 9.22. The quantitative estimate of drug-likeness (QED) is 0.536. The normalized spacial score (nSPS) is 28.2. The first-order valence-corrected chi connectivity index (χ1v) is 5.03. The molecule has 0 N–H and O–H groups in total. The van der Waals surface area contributed by atoms with Crippen molar-refractivity contribution in [2.45, 2.75) is 33.1 Å². The molecule has 2 heteroatoms. The van der Waals surface area contributed by atoms with E-state index in [2.05, 4.69) is 13.8 Å². The Morgan fingerprint density at radius 2 is 1.77 bits per heavy atom. The zero-order chi connectivity index (χ0) is 9.31. The summed E-state index contributed by atoms with van der Waals surface area (Å²) < 4.78 is 10.8. The van der Waals surface area contributed by atoms with Gasteiger partial charge in [0.25, 0.3) is 0 Å². The minimum absolute atomic E-state index is 0.307. The lowest BCUT2D eigenvalue weighted by Gasteiger charge is -2.40. The Bertz CT molecular complexity index is 224. The molecule has 1 saturated heterocycles. The summed E-state index contributed by atoms with van der Waals surface area (Å²) in [6.07, 6.45) is 3.62. The Balaban J connectivity index is 2.09. The lowest BCUT2D eigenvalue weighted by molar-refractivity contribution is -0.167. The molecule has 0 radical (unpaired) electrons. The third-order valence-electron chi connectivity index (χ3n) is 3.38. The summed E-state index contributed by atoms with van der Waals surface area (Å²) in [5.41, 5.74) is 3.42. The summed E-state index contributed by atoms with van der Waals surface area (Å²) in [5, 5.41) is 0. The van der Waals surface area contributed by atoms with Gasteiger partial charge in [0.2, 0.25) is 0 Å². The Labute approximate surface area is 79.9 Å². The lowest BCUT2D eigenvalue weighted by Crippen LogP contribution is -2.39. The summed E-state index contributed by atoms with van der Waals surface area (Å²) in [5.74, 6) is 0. The van der Waals surface area contributed by atoms with Crippen LogP contribution in [0, 0.1) is 5.41 Å². The Morgan fingerprint density at radius 1 is 1.08 bits per heavy atom. The van der Waals surface area contributed by atoms with Crippen LogP contribution in [0.25, 0.3) is 0 Å². The smallest absolute Gasteiger partial charge is 0.146 e. The topological polar surface area (TPSA) is 18.5 Å². The number of ether oxygens (including phenoxy) is 2. The van der Waals surface area contributed by atoms with Crippen LogP contribution in [0.3, 0.4) is 0 Å². The fourth-order valence-corrected chi connectivity index (χ4v) is 2.33. The van der Waals surface area contributed by atoms with E-state index in [0.29, 0.717) is 12.2 Å². The van der Waals surface area contributed by atoms with Crippen LogP contribution in [-0.4, -0.2) is 20.0 Å². The molecule has 0 bridgehead atoms. The second-order valence-corrected chi connectivity index (χ2v) is 4.55. The molecule has 2 aliphatic rings. The Morgan fingerprint density at radius 3 is 2.38 bits per heavy atom. The van der Waals surface area contributed by atoms with E-state index in [0.717, 1.165) is 13.2 Å². The fourth-order valence-electron chi connectivity index (χ4n) is 2.33. The van der Waals surface area contributed by atoms with Crippen LogP contribution in [-0.2, 0) is 9.47 Å². The molecule has 0 aromatic carbocycles. The van der Waals surface area contributed by atoms with Crippen LogP contribution in [0.1, 0.15) is 33.1 Å². The van der Waals surface area contributed by atoms with E-state index in [4.69, 9.17) is 9.47 Å². The minimum Gasteiger partial charge on any atom is -0.355 e. The van der Waals surface area contributed by atoms with Crippen molar-refractivity contribution >= 4 is 0 Å². The molecule has 2 nitrogen and oxygen atoms in total. The van der Waals surface area contributed by atoms with Gasteiger partial charge in [-0.1, -0.05) is 11.1 Å². The van der Waals surface area contributed by atoms with Crippen molar-refractivity contribution in [2.75, 3.05) is 20.0 Å². The van der Waals surface area contributed by atoms with Gasteiger partial charge < -0.3 is 9.47 Å². The first-order chi connectivity index (χ1) is 6.22. The van der Waals surface area contributed by atoms with E-state index >= 15 is 0 Å². The predicted molar refractivity (Wildman–Crippen MR) is 51.4 cm³/mol. The lowest BCUT2D eigenvalue weighted by atomic mass is 9.73. The number of hydrogen-bond acceptors (Lipinski definition) is 2. The van der Waals surface area contributed by atoms with Gasteiger partial charge in [-0.15, -0.1) is 0 Å². The molecule has 0 atom stereocenters. The molecule has 0 aromatic rings. The third kappa shape index (κ3) is 1.79. The maximum atomic E-state index is 5.40. The highest BCUT2D eigenvalue weighted by Gasteiger charge is 2.36. The minimum atomic E-state index is 0.307. The maximum absolute atomic E-state index is 5.40. The van der Waals surface area contributed by atoms with E-state index < -0.39 is 0 Å². The van der Waals surface area contributed by atoms with Crippen LogP contribution < -0.4 is 0 Å². The van der Waals surface area contributed by atoms with Gasteiger partial charge in [0, 0.05) is 5.41 Å². The van der Waals surface area contributed by atoms with E-state index in [-0.39, 0.29) is 0 Å². The van der Waals surface area contributed by atoms with E-state index in [1.54, 1.807) is 11.1 Å². The molecule has 1 aliphatic heterocycles. The standard InChI is InChI=1S/C11H18O2/c1-9-3-4-11(5-10(9)2)6-12-8-13-7-11/h3-8H2,1-2H3. The molecule has 1 heterocycles. The van der Waals surface area contributed by atoms with Crippen LogP contribution in [0.2, 0.25) is 0 Å². The van der Waals surface area contributed by atoms with Crippen molar-refractivity contribution < 1.29 is 9.47 Å². The van der Waals surface area contributed by atoms with Crippen LogP contribution >= 0.6 is 0 Å². The molecule has 13 heavy (non-hydrogen) atoms. The average Bonchev–Trinajstić information content (AvgIpc) is 2.14. The third-order valence-corrected chi connectivity index (χ3v) is 3.38. The second-order valence-electron chi connectivity index (χ2n) is 4.55. The second kappa shape index (κ2) is 3.43. The molecule has 1 fully saturated rings. The monoisotopic (exact) mass is 182 g/mol. The molecule has 1 spiro atoms. The zero-order valence-corrected chi connectivity index (χ0v) is 8.56. The summed E-state index contributed by atoms with van der Waals surface area (Å²) in [6.45, 7) is 6.75. The molecule has 1 aliphatic carbocycles. The molecular weight excluding hydrogens is 164 g/mol. The van der Waals surface area contributed by atoms with Gasteiger partial charge >= 0.3 is 0 Å². The maximum Gasteiger partial charge on any atom is 0.146 e. The van der Waals surface area contributed by atoms with E-state index in [9.17, 15) is 0 Å². The molecule has 2 rings (SSSR count). The van der Waals surface area contributed by atoms with Gasteiger partial charge in [-0.05, 0) is 33.1 Å². The predicted octanol–water partition coefficient (Wildman–Crippen LogP) is 2.50. The average molecular weight is 182 g/mol. The molecular formula is C11H18O2. The van der Waals surface area contributed by atoms with Crippen molar-refractivity contribution in [3.05, 3.63) is 11.1 Å². The molecule has 0 aromatic heterocycles. The Hall–Kier alpha value is -0.340. The van der Waals surface area contributed by atoms with Gasteiger partial charge in [0.05, 0.1) is 13.2 Å². The van der Waals surface area contributed by atoms with Gasteiger partial charge in [-0.2, -0.15) is 0 Å². The van der Waals surface area contributed by atoms with Crippen LogP contribution in [0.4, 0.5) is 0 Å². The van der Waals surface area contributed by atoms with Crippen LogP contribution in [0.15, 0.2) is 11.1 Å². The highest BCUT2D eigenvalue weighted by atomic mass is 16.7. The first-order valence-electron chi connectivity index (χ1n) is 5.03. The van der Waals surface area contributed by atoms with E-state index in [1.807, 2.05) is 0 Å². The van der Waals surface area contributed by atoms with Crippen molar-refractivity contribution in [2.24, 2.45) is 5.41 Å². The molecule has 74 valence electrons. The number of allylic oxidation sites excluding steroid dienone is 2. The molecule has 0 saturated carbocycles. The fraction of sp³-hybridized carbons (Fsp3) is 0.818. The zero-order valence-electron chi connectivity index (χ0n) is 8.56. The SMILES string of the molecule is CC1=C(C)CC2(CC1)COCOC2. The van der Waals surface area contributed by atoms with Crippen LogP contribution in [0.5, 0.6) is 0 Å².